The Bertz CT molecular complexity index is 552. The van der Waals surface area contributed by atoms with Crippen molar-refractivity contribution >= 4 is 23.4 Å². The number of hydrogen-bond acceptors (Lipinski definition) is 2. The third-order valence-corrected chi connectivity index (χ3v) is 2.84. The molecule has 2 rings (SSSR count). The van der Waals surface area contributed by atoms with Crippen molar-refractivity contribution in [3.05, 3.63) is 35.5 Å². The fraction of sp³-hybridized carbons (Fsp3) is 0.231. The Balaban J connectivity index is 2.71. The van der Waals surface area contributed by atoms with E-state index in [1.54, 1.807) is 7.05 Å². The lowest BCUT2D eigenvalue weighted by Crippen LogP contribution is -2.01. The summed E-state index contributed by atoms with van der Waals surface area (Å²) in [5, 5.41) is 1.01. The molecule has 3 heteroatoms. The third kappa shape index (κ3) is 1.54. The lowest BCUT2D eigenvalue weighted by Gasteiger charge is -2.03. The van der Waals surface area contributed by atoms with Crippen LogP contribution >= 0.6 is 0 Å². The molecule has 1 heterocycles. The minimum Gasteiger partial charge on any atom is -0.339 e. The zero-order chi connectivity index (χ0) is 11.5. The molecule has 0 saturated carbocycles. The molecule has 0 radical (unpaired) electrons. The van der Waals surface area contributed by atoms with Gasteiger partial charge in [0, 0.05) is 35.4 Å². The monoisotopic (exact) mass is 214 g/mol. The van der Waals surface area contributed by atoms with Crippen LogP contribution < -0.4 is 0 Å². The molecule has 0 spiro atoms. The number of carbonyl (C=O) groups excluding carboxylic acids is 1. The molecular formula is C13H14N2O. The number of carbonyl (C=O) groups is 1. The van der Waals surface area contributed by atoms with Crippen molar-refractivity contribution in [1.82, 2.24) is 4.57 Å². The molecule has 2 aromatic rings. The van der Waals surface area contributed by atoms with Crippen LogP contribution in [0.25, 0.3) is 10.9 Å². The summed E-state index contributed by atoms with van der Waals surface area (Å²) in [7, 11) is 1.75. The second kappa shape index (κ2) is 4.31. The van der Waals surface area contributed by atoms with Crippen LogP contribution in [0.4, 0.5) is 0 Å². The number of para-hydroxylation sites is 1. The van der Waals surface area contributed by atoms with Crippen LogP contribution in [0.15, 0.2) is 29.3 Å². The standard InChI is InChI=1S/C13H14N2O/c1-10-12(9-16)11-5-3-4-6-13(11)15(10)8-7-14-2/h3-7,9H,8H2,1-2H3. The van der Waals surface area contributed by atoms with E-state index in [9.17, 15) is 4.79 Å². The average Bonchev–Trinajstić information content (AvgIpc) is 2.58. The molecule has 3 nitrogen and oxygen atoms in total. The number of hydrogen-bond donors (Lipinski definition) is 0. The van der Waals surface area contributed by atoms with E-state index in [1.807, 2.05) is 37.4 Å². The molecule has 0 N–H and O–H groups in total. The first kappa shape index (κ1) is 10.6. The van der Waals surface area contributed by atoms with Gasteiger partial charge in [0.25, 0.3) is 0 Å². The summed E-state index contributed by atoms with van der Waals surface area (Å²) in [5.74, 6) is 0. The maximum atomic E-state index is 11.1. The Morgan fingerprint density at radius 3 is 2.81 bits per heavy atom. The van der Waals surface area contributed by atoms with Gasteiger partial charge in [-0.2, -0.15) is 0 Å². The van der Waals surface area contributed by atoms with Crippen LogP contribution in [0, 0.1) is 6.92 Å². The summed E-state index contributed by atoms with van der Waals surface area (Å²) >= 11 is 0. The summed E-state index contributed by atoms with van der Waals surface area (Å²) in [6.45, 7) is 2.67. The van der Waals surface area contributed by atoms with Crippen molar-refractivity contribution in [2.75, 3.05) is 7.05 Å². The third-order valence-electron chi connectivity index (χ3n) is 2.84. The number of aliphatic imine (C=N–C) groups is 1. The Labute approximate surface area is 94.4 Å². The van der Waals surface area contributed by atoms with Crippen LogP contribution in [0.2, 0.25) is 0 Å². The number of nitrogens with zero attached hydrogens (tertiary/aromatic N) is 2. The molecule has 0 aliphatic heterocycles. The predicted octanol–water partition coefficient (Wildman–Crippen LogP) is 2.46. The van der Waals surface area contributed by atoms with Gasteiger partial charge in [-0.05, 0) is 13.0 Å². The summed E-state index contributed by atoms with van der Waals surface area (Å²) in [6, 6.07) is 7.94. The Morgan fingerprint density at radius 1 is 1.38 bits per heavy atom. The Kier molecular flexibility index (Phi) is 2.86. The van der Waals surface area contributed by atoms with Gasteiger partial charge in [-0.15, -0.1) is 0 Å². The number of rotatable bonds is 3. The van der Waals surface area contributed by atoms with E-state index in [-0.39, 0.29) is 0 Å². The quantitative estimate of drug-likeness (QED) is 0.571. The van der Waals surface area contributed by atoms with Crippen molar-refractivity contribution in [2.24, 2.45) is 4.99 Å². The Morgan fingerprint density at radius 2 is 2.12 bits per heavy atom. The normalized spacial score (nSPS) is 11.4. The van der Waals surface area contributed by atoms with Crippen molar-refractivity contribution in [3.63, 3.8) is 0 Å². The molecule has 0 atom stereocenters. The highest BCUT2D eigenvalue weighted by Crippen LogP contribution is 2.23. The van der Waals surface area contributed by atoms with Gasteiger partial charge in [0.05, 0.1) is 6.54 Å². The van der Waals surface area contributed by atoms with Gasteiger partial charge in [0.2, 0.25) is 0 Å². The van der Waals surface area contributed by atoms with Crippen LogP contribution in [0.1, 0.15) is 16.1 Å². The average molecular weight is 214 g/mol. The molecule has 0 fully saturated rings. The highest BCUT2D eigenvalue weighted by atomic mass is 16.1. The first-order valence-electron chi connectivity index (χ1n) is 5.23. The molecule has 1 aromatic carbocycles. The van der Waals surface area contributed by atoms with Crippen LogP contribution in [0.5, 0.6) is 0 Å². The number of benzene rings is 1. The largest absolute Gasteiger partial charge is 0.339 e. The van der Waals surface area contributed by atoms with E-state index in [0.29, 0.717) is 6.54 Å². The second-order valence-corrected chi connectivity index (χ2v) is 3.69. The van der Waals surface area contributed by atoms with Gasteiger partial charge < -0.3 is 4.57 Å². The van der Waals surface area contributed by atoms with Gasteiger partial charge in [0.1, 0.15) is 0 Å². The molecule has 0 aliphatic carbocycles. The van der Waals surface area contributed by atoms with E-state index in [4.69, 9.17) is 0 Å². The van der Waals surface area contributed by atoms with Crippen LogP contribution in [-0.2, 0) is 6.54 Å². The van der Waals surface area contributed by atoms with Gasteiger partial charge in [-0.1, -0.05) is 18.2 Å². The van der Waals surface area contributed by atoms with E-state index in [0.717, 1.165) is 28.4 Å². The smallest absolute Gasteiger partial charge is 0.152 e. The molecule has 0 aliphatic rings. The molecule has 16 heavy (non-hydrogen) atoms. The van der Waals surface area contributed by atoms with Crippen molar-refractivity contribution in [2.45, 2.75) is 13.5 Å². The molecule has 0 unspecified atom stereocenters. The lowest BCUT2D eigenvalue weighted by atomic mass is 10.1. The predicted molar refractivity (Wildman–Crippen MR) is 66.5 cm³/mol. The van der Waals surface area contributed by atoms with Crippen molar-refractivity contribution in [3.8, 4) is 0 Å². The fourth-order valence-corrected chi connectivity index (χ4v) is 2.01. The summed E-state index contributed by atoms with van der Waals surface area (Å²) in [5.41, 5.74) is 2.86. The first-order valence-corrected chi connectivity index (χ1v) is 5.23. The molecule has 0 saturated heterocycles. The van der Waals surface area contributed by atoms with Gasteiger partial charge >= 0.3 is 0 Å². The van der Waals surface area contributed by atoms with Crippen LogP contribution in [0.3, 0.4) is 0 Å². The molecule has 82 valence electrons. The SMILES string of the molecule is CN=CCn1c(C)c(C=O)c2ccccc21. The maximum Gasteiger partial charge on any atom is 0.152 e. The van der Waals surface area contributed by atoms with Crippen molar-refractivity contribution in [1.29, 1.82) is 0 Å². The molecule has 0 amide bonds. The second-order valence-electron chi connectivity index (χ2n) is 3.69. The van der Waals surface area contributed by atoms with Gasteiger partial charge in [0.15, 0.2) is 6.29 Å². The zero-order valence-electron chi connectivity index (χ0n) is 9.47. The van der Waals surface area contributed by atoms with E-state index in [2.05, 4.69) is 9.56 Å². The Hall–Kier alpha value is -1.90. The van der Waals surface area contributed by atoms with E-state index < -0.39 is 0 Å². The highest BCUT2D eigenvalue weighted by Gasteiger charge is 2.11. The number of aldehydes is 1. The lowest BCUT2D eigenvalue weighted by molar-refractivity contribution is 0.112. The van der Waals surface area contributed by atoms with Gasteiger partial charge in [-0.25, -0.2) is 0 Å². The molecular weight excluding hydrogens is 200 g/mol. The maximum absolute atomic E-state index is 11.1. The summed E-state index contributed by atoms with van der Waals surface area (Å²) in [6.07, 6.45) is 2.77. The summed E-state index contributed by atoms with van der Waals surface area (Å²) < 4.78 is 2.10. The first-order chi connectivity index (χ1) is 7.79. The fourth-order valence-electron chi connectivity index (χ4n) is 2.01. The van der Waals surface area contributed by atoms with Crippen molar-refractivity contribution < 1.29 is 4.79 Å². The topological polar surface area (TPSA) is 34.4 Å². The number of aromatic nitrogens is 1. The number of fused-ring (bicyclic) bond motifs is 1. The van der Waals surface area contributed by atoms with Crippen LogP contribution in [-0.4, -0.2) is 24.1 Å². The molecule has 1 aromatic heterocycles. The zero-order valence-corrected chi connectivity index (χ0v) is 9.47. The minimum absolute atomic E-state index is 0.705. The highest BCUT2D eigenvalue weighted by molar-refractivity contribution is 5.99. The van der Waals surface area contributed by atoms with E-state index >= 15 is 0 Å². The van der Waals surface area contributed by atoms with E-state index in [1.165, 1.54) is 0 Å². The van der Waals surface area contributed by atoms with Gasteiger partial charge in [-0.3, -0.25) is 9.79 Å². The summed E-state index contributed by atoms with van der Waals surface area (Å²) in [4.78, 5) is 15.1. The minimum atomic E-state index is 0.705. The molecule has 0 bridgehead atoms.